The highest BCUT2D eigenvalue weighted by atomic mass is 32.1. The van der Waals surface area contributed by atoms with Gasteiger partial charge in [0.1, 0.15) is 11.5 Å². The molecule has 5 aromatic carbocycles. The second-order valence-electron chi connectivity index (χ2n) is 8.50. The summed E-state index contributed by atoms with van der Waals surface area (Å²) in [7, 11) is 0. The van der Waals surface area contributed by atoms with Crippen molar-refractivity contribution in [1.29, 1.82) is 0 Å². The largest absolute Gasteiger partial charge is 0.455 e. The number of thiophene rings is 1. The number of fused-ring (bicyclic) bond motifs is 4. The van der Waals surface area contributed by atoms with E-state index in [-0.39, 0.29) is 0 Å². The molecule has 0 bridgehead atoms. The van der Waals surface area contributed by atoms with Crippen molar-refractivity contribution in [2.24, 2.45) is 0 Å². The van der Waals surface area contributed by atoms with Gasteiger partial charge in [-0.25, -0.2) is 0 Å². The zero-order chi connectivity index (χ0) is 22.5. The van der Waals surface area contributed by atoms with Crippen LogP contribution >= 0.6 is 11.3 Å². The molecule has 2 heterocycles. The van der Waals surface area contributed by atoms with Gasteiger partial charge in [-0.3, -0.25) is 0 Å². The molecule has 7 rings (SSSR count). The van der Waals surface area contributed by atoms with Crippen molar-refractivity contribution >= 4 is 42.3 Å². The van der Waals surface area contributed by atoms with Crippen molar-refractivity contribution < 1.29 is 4.42 Å². The first-order chi connectivity index (χ1) is 16.9. The molecule has 2 heteroatoms. The summed E-state index contributed by atoms with van der Waals surface area (Å²) in [5.41, 5.74) is 4.65. The van der Waals surface area contributed by atoms with Crippen LogP contribution < -0.4 is 0 Å². The Morgan fingerprint density at radius 2 is 1.03 bits per heavy atom. The highest BCUT2D eigenvalue weighted by Crippen LogP contribution is 2.48. The smallest absolute Gasteiger partial charge is 0.144 e. The van der Waals surface area contributed by atoms with E-state index in [0.717, 1.165) is 27.9 Å². The van der Waals surface area contributed by atoms with Crippen molar-refractivity contribution in [2.45, 2.75) is 0 Å². The molecular formula is C32H20OS. The summed E-state index contributed by atoms with van der Waals surface area (Å²) in [6.45, 7) is 0. The van der Waals surface area contributed by atoms with Crippen molar-refractivity contribution in [2.75, 3.05) is 0 Å². The maximum Gasteiger partial charge on any atom is 0.144 e. The molecule has 0 aliphatic rings. The number of benzene rings is 5. The second-order valence-corrected chi connectivity index (χ2v) is 9.55. The molecule has 34 heavy (non-hydrogen) atoms. The van der Waals surface area contributed by atoms with Crippen molar-refractivity contribution in [3.63, 3.8) is 0 Å². The van der Waals surface area contributed by atoms with Gasteiger partial charge in [0.2, 0.25) is 0 Å². The maximum absolute atomic E-state index is 6.81. The lowest BCUT2D eigenvalue weighted by atomic mass is 9.94. The molecule has 0 unspecified atom stereocenters. The van der Waals surface area contributed by atoms with E-state index < -0.39 is 0 Å². The van der Waals surface area contributed by atoms with Crippen molar-refractivity contribution in [3.8, 4) is 33.8 Å². The summed E-state index contributed by atoms with van der Waals surface area (Å²) in [4.78, 5) is 0. The molecule has 0 spiro atoms. The van der Waals surface area contributed by atoms with Crippen LogP contribution in [0.5, 0.6) is 0 Å². The Balaban J connectivity index is 1.63. The molecule has 0 saturated heterocycles. The minimum absolute atomic E-state index is 0.920. The molecule has 160 valence electrons. The van der Waals surface area contributed by atoms with Gasteiger partial charge in [0.05, 0.1) is 0 Å². The average Bonchev–Trinajstić information content (AvgIpc) is 3.48. The fraction of sp³-hybridized carbons (Fsp3) is 0. The lowest BCUT2D eigenvalue weighted by Gasteiger charge is -2.10. The van der Waals surface area contributed by atoms with E-state index in [2.05, 4.69) is 115 Å². The van der Waals surface area contributed by atoms with Gasteiger partial charge in [0.25, 0.3) is 0 Å². The normalized spacial score (nSPS) is 11.5. The fourth-order valence-electron chi connectivity index (χ4n) is 4.95. The molecule has 0 amide bonds. The van der Waals surface area contributed by atoms with E-state index >= 15 is 0 Å². The molecule has 0 fully saturated rings. The monoisotopic (exact) mass is 452 g/mol. The van der Waals surface area contributed by atoms with Crippen LogP contribution in [0.4, 0.5) is 0 Å². The number of rotatable bonds is 3. The standard InChI is InChI=1S/C32H20OS/c1-3-11-21(12-4-1)23-19-20-27-24-15-9-10-18-28(24)34-32(27)29(23)31-26-17-8-7-16-25(26)30(33-31)22-13-5-2-6-14-22/h1-20H. The Kier molecular flexibility index (Phi) is 4.39. The van der Waals surface area contributed by atoms with Gasteiger partial charge >= 0.3 is 0 Å². The Morgan fingerprint density at radius 3 is 1.76 bits per heavy atom. The average molecular weight is 453 g/mol. The third kappa shape index (κ3) is 2.93. The van der Waals surface area contributed by atoms with Crippen LogP contribution in [0, 0.1) is 0 Å². The predicted octanol–water partition coefficient (Wildman–Crippen LogP) is 9.80. The molecule has 0 aliphatic heterocycles. The summed E-state index contributed by atoms with van der Waals surface area (Å²) in [5, 5.41) is 4.85. The summed E-state index contributed by atoms with van der Waals surface area (Å²) >= 11 is 1.85. The minimum atomic E-state index is 0.920. The fourth-order valence-corrected chi connectivity index (χ4v) is 6.20. The van der Waals surface area contributed by atoms with E-state index in [1.807, 2.05) is 17.4 Å². The molecule has 2 aromatic heterocycles. The number of furan rings is 1. The van der Waals surface area contributed by atoms with Crippen molar-refractivity contribution in [3.05, 3.63) is 121 Å². The lowest BCUT2D eigenvalue weighted by Crippen LogP contribution is -1.85. The summed E-state index contributed by atoms with van der Waals surface area (Å²) in [6, 6.07) is 42.8. The quantitative estimate of drug-likeness (QED) is 0.260. The zero-order valence-corrected chi connectivity index (χ0v) is 19.2. The molecule has 0 atom stereocenters. The van der Waals surface area contributed by atoms with Crippen LogP contribution in [-0.2, 0) is 0 Å². The molecule has 0 aliphatic carbocycles. The minimum Gasteiger partial charge on any atom is -0.455 e. The lowest BCUT2D eigenvalue weighted by molar-refractivity contribution is 0.603. The zero-order valence-electron chi connectivity index (χ0n) is 18.4. The van der Waals surface area contributed by atoms with Gasteiger partial charge in [-0.1, -0.05) is 115 Å². The topological polar surface area (TPSA) is 13.1 Å². The number of hydrogen-bond donors (Lipinski definition) is 0. The highest BCUT2D eigenvalue weighted by molar-refractivity contribution is 7.26. The third-order valence-corrected chi connectivity index (χ3v) is 7.72. The summed E-state index contributed by atoms with van der Waals surface area (Å²) in [5.74, 6) is 1.86. The molecule has 7 aromatic rings. The van der Waals surface area contributed by atoms with Crippen LogP contribution in [0.2, 0.25) is 0 Å². The van der Waals surface area contributed by atoms with E-state index in [9.17, 15) is 0 Å². The van der Waals surface area contributed by atoms with Gasteiger partial charge in [-0.05, 0) is 17.2 Å². The number of hydrogen-bond acceptors (Lipinski definition) is 2. The van der Waals surface area contributed by atoms with E-state index in [1.54, 1.807) is 0 Å². The van der Waals surface area contributed by atoms with Gasteiger partial charge in [0, 0.05) is 42.1 Å². The Labute approximate surface area is 201 Å². The van der Waals surface area contributed by atoms with E-state index in [4.69, 9.17) is 4.42 Å². The van der Waals surface area contributed by atoms with Gasteiger partial charge in [-0.15, -0.1) is 11.3 Å². The Bertz CT molecular complexity index is 1790. The van der Waals surface area contributed by atoms with Crippen LogP contribution in [0.3, 0.4) is 0 Å². The predicted molar refractivity (Wildman–Crippen MR) is 145 cm³/mol. The van der Waals surface area contributed by atoms with Gasteiger partial charge in [-0.2, -0.15) is 0 Å². The molecule has 0 saturated carbocycles. The van der Waals surface area contributed by atoms with E-state index in [1.165, 1.54) is 36.9 Å². The van der Waals surface area contributed by atoms with Crippen LogP contribution in [0.1, 0.15) is 0 Å². The third-order valence-electron chi connectivity index (χ3n) is 6.52. The molecule has 0 radical (unpaired) electrons. The second kappa shape index (κ2) is 7.72. The van der Waals surface area contributed by atoms with Gasteiger partial charge < -0.3 is 4.42 Å². The van der Waals surface area contributed by atoms with Crippen LogP contribution in [-0.4, -0.2) is 0 Å². The Morgan fingerprint density at radius 1 is 0.441 bits per heavy atom. The SMILES string of the molecule is c1ccc(-c2ccc3c(sc4ccccc43)c2-c2oc(-c3ccccc3)c3ccccc23)cc1. The first-order valence-corrected chi connectivity index (χ1v) is 12.3. The van der Waals surface area contributed by atoms with Crippen LogP contribution in [0.25, 0.3) is 64.7 Å². The van der Waals surface area contributed by atoms with E-state index in [0.29, 0.717) is 0 Å². The highest BCUT2D eigenvalue weighted by Gasteiger charge is 2.22. The maximum atomic E-state index is 6.81. The first-order valence-electron chi connectivity index (χ1n) is 11.5. The van der Waals surface area contributed by atoms with Crippen LogP contribution in [0.15, 0.2) is 126 Å². The molecule has 1 nitrogen and oxygen atoms in total. The molecular weight excluding hydrogens is 432 g/mol. The Hall–Kier alpha value is -4.14. The summed E-state index contributed by atoms with van der Waals surface area (Å²) < 4.78 is 9.37. The summed E-state index contributed by atoms with van der Waals surface area (Å²) in [6.07, 6.45) is 0. The molecule has 0 N–H and O–H groups in total. The first kappa shape index (κ1) is 19.3. The van der Waals surface area contributed by atoms with Gasteiger partial charge in [0.15, 0.2) is 0 Å². The van der Waals surface area contributed by atoms with Crippen molar-refractivity contribution in [1.82, 2.24) is 0 Å².